The van der Waals surface area contributed by atoms with Crippen LogP contribution in [0.2, 0.25) is 0 Å². The second-order valence-corrected chi connectivity index (χ2v) is 4.67. The highest BCUT2D eigenvalue weighted by atomic mass is 32.1. The fraction of sp³-hybridized carbons (Fsp3) is 0.273. The molecule has 0 aliphatic rings. The van der Waals surface area contributed by atoms with Crippen LogP contribution in [0.5, 0.6) is 5.75 Å². The minimum Gasteiger partial charge on any atom is -0.484 e. The second-order valence-electron chi connectivity index (χ2n) is 3.91. The van der Waals surface area contributed by atoms with Crippen molar-refractivity contribution in [2.75, 3.05) is 12.4 Å². The van der Waals surface area contributed by atoms with Gasteiger partial charge in [-0.2, -0.15) is 0 Å². The van der Waals surface area contributed by atoms with Gasteiger partial charge in [-0.15, -0.1) is 5.10 Å². The van der Waals surface area contributed by atoms with Crippen LogP contribution in [0, 0.1) is 22.9 Å². The summed E-state index contributed by atoms with van der Waals surface area (Å²) in [7, 11) is 1.72. The molecule has 2 rings (SSSR count). The van der Waals surface area contributed by atoms with Crippen molar-refractivity contribution in [1.29, 1.82) is 0 Å². The third-order valence-electron chi connectivity index (χ3n) is 2.59. The van der Waals surface area contributed by atoms with Crippen molar-refractivity contribution in [3.05, 3.63) is 39.3 Å². The number of nitro benzene ring substituents is 1. The van der Waals surface area contributed by atoms with Crippen LogP contribution in [0.4, 0.5) is 15.1 Å². The zero-order chi connectivity index (χ0) is 14.7. The predicted octanol–water partition coefficient (Wildman–Crippen LogP) is 2.51. The number of anilines is 1. The van der Waals surface area contributed by atoms with Crippen LogP contribution in [0.25, 0.3) is 0 Å². The summed E-state index contributed by atoms with van der Waals surface area (Å²) in [5.74, 6) is -0.834. The van der Waals surface area contributed by atoms with Crippen LogP contribution in [0.15, 0.2) is 12.1 Å². The van der Waals surface area contributed by atoms with Crippen molar-refractivity contribution < 1.29 is 14.1 Å². The van der Waals surface area contributed by atoms with E-state index in [2.05, 4.69) is 14.9 Å². The van der Waals surface area contributed by atoms with Gasteiger partial charge in [0.2, 0.25) is 0 Å². The van der Waals surface area contributed by atoms with Gasteiger partial charge < -0.3 is 10.1 Å². The first-order chi connectivity index (χ1) is 9.52. The van der Waals surface area contributed by atoms with Crippen molar-refractivity contribution in [3.8, 4) is 5.75 Å². The van der Waals surface area contributed by atoms with Gasteiger partial charge in [-0.25, -0.2) is 4.39 Å². The Kier molecular flexibility index (Phi) is 4.08. The molecule has 7 nitrogen and oxygen atoms in total. The Morgan fingerprint density at radius 3 is 2.95 bits per heavy atom. The summed E-state index contributed by atoms with van der Waals surface area (Å²) in [5, 5.41) is 18.2. The number of halogens is 1. The number of hydrogen-bond acceptors (Lipinski definition) is 7. The minimum atomic E-state index is -0.781. The van der Waals surface area contributed by atoms with Gasteiger partial charge in [0.25, 0.3) is 5.69 Å². The molecule has 0 aliphatic carbocycles. The van der Waals surface area contributed by atoms with Crippen LogP contribution >= 0.6 is 11.5 Å². The normalized spacial score (nSPS) is 10.3. The first kappa shape index (κ1) is 14.1. The topological polar surface area (TPSA) is 90.2 Å². The van der Waals surface area contributed by atoms with Crippen LogP contribution < -0.4 is 10.1 Å². The predicted molar refractivity (Wildman–Crippen MR) is 71.6 cm³/mol. The highest BCUT2D eigenvalue weighted by molar-refractivity contribution is 7.10. The van der Waals surface area contributed by atoms with E-state index in [0.29, 0.717) is 11.3 Å². The summed E-state index contributed by atoms with van der Waals surface area (Å²) < 4.78 is 22.8. The number of rotatable bonds is 5. The first-order valence-corrected chi connectivity index (χ1v) is 6.36. The second kappa shape index (κ2) is 5.78. The average molecular weight is 298 g/mol. The van der Waals surface area contributed by atoms with Gasteiger partial charge >= 0.3 is 0 Å². The Morgan fingerprint density at radius 2 is 2.30 bits per heavy atom. The summed E-state index contributed by atoms with van der Waals surface area (Å²) in [4.78, 5) is 10.1. The van der Waals surface area contributed by atoms with Crippen LogP contribution in [-0.4, -0.2) is 21.6 Å². The molecule has 1 aromatic carbocycles. The molecule has 0 spiro atoms. The molecular formula is C11H11FN4O3S. The Labute approximate surface area is 117 Å². The zero-order valence-electron chi connectivity index (χ0n) is 10.7. The van der Waals surface area contributed by atoms with Gasteiger partial charge in [0, 0.05) is 24.1 Å². The number of hydrogen-bond donors (Lipinski definition) is 1. The highest BCUT2D eigenvalue weighted by Crippen LogP contribution is 2.28. The molecular weight excluding hydrogens is 287 g/mol. The van der Waals surface area contributed by atoms with Crippen molar-refractivity contribution in [2.45, 2.75) is 13.5 Å². The van der Waals surface area contributed by atoms with E-state index in [1.165, 1.54) is 13.0 Å². The molecule has 0 radical (unpaired) electrons. The van der Waals surface area contributed by atoms with Gasteiger partial charge in [0.05, 0.1) is 11.0 Å². The third kappa shape index (κ3) is 2.82. The fourth-order valence-corrected chi connectivity index (χ4v) is 2.11. The van der Waals surface area contributed by atoms with E-state index in [-0.39, 0.29) is 18.0 Å². The molecule has 0 fully saturated rings. The van der Waals surface area contributed by atoms with E-state index >= 15 is 0 Å². The van der Waals surface area contributed by atoms with E-state index in [4.69, 9.17) is 4.74 Å². The Morgan fingerprint density at radius 1 is 1.55 bits per heavy atom. The summed E-state index contributed by atoms with van der Waals surface area (Å²) in [6.45, 7) is 1.55. The van der Waals surface area contributed by atoms with Gasteiger partial charge in [-0.1, -0.05) is 4.49 Å². The molecule has 1 heterocycles. The smallest absolute Gasteiger partial charge is 0.275 e. The molecule has 0 bridgehead atoms. The number of ether oxygens (including phenoxy) is 1. The molecule has 1 N–H and O–H groups in total. The number of benzene rings is 1. The molecule has 0 unspecified atom stereocenters. The number of nitrogens with one attached hydrogen (secondary N) is 1. The average Bonchev–Trinajstić information content (AvgIpc) is 2.86. The largest absolute Gasteiger partial charge is 0.484 e. The van der Waals surface area contributed by atoms with Crippen molar-refractivity contribution >= 4 is 22.2 Å². The van der Waals surface area contributed by atoms with Crippen molar-refractivity contribution in [1.82, 2.24) is 9.59 Å². The molecule has 0 amide bonds. The standard InChI is InChI=1S/C11H11FN4O3S/c1-6-3-10(7(12)4-9(6)16(17)18)19-5-8-11(13-2)20-15-14-8/h3-4,13H,5H2,1-2H3. The molecule has 9 heteroatoms. The molecule has 0 saturated heterocycles. The monoisotopic (exact) mass is 298 g/mol. The van der Waals surface area contributed by atoms with Gasteiger partial charge in [-0.05, 0) is 13.0 Å². The molecule has 0 atom stereocenters. The lowest BCUT2D eigenvalue weighted by Gasteiger charge is -2.07. The Hall–Kier alpha value is -2.29. The van der Waals surface area contributed by atoms with Crippen LogP contribution in [0.1, 0.15) is 11.3 Å². The number of nitrogens with zero attached hydrogens (tertiary/aromatic N) is 3. The maximum Gasteiger partial charge on any atom is 0.275 e. The highest BCUT2D eigenvalue weighted by Gasteiger charge is 2.17. The third-order valence-corrected chi connectivity index (χ3v) is 3.38. The SMILES string of the molecule is CNc1snnc1COc1cc(C)c([N+](=O)[O-])cc1F. The summed E-state index contributed by atoms with van der Waals surface area (Å²) in [6, 6.07) is 2.15. The molecule has 0 aliphatic heterocycles. The summed E-state index contributed by atoms with van der Waals surface area (Å²) >= 11 is 1.16. The molecule has 2 aromatic rings. The van der Waals surface area contributed by atoms with Crippen LogP contribution in [-0.2, 0) is 6.61 Å². The van der Waals surface area contributed by atoms with E-state index < -0.39 is 10.7 Å². The number of nitro groups is 1. The van der Waals surface area contributed by atoms with Gasteiger partial charge in [-0.3, -0.25) is 10.1 Å². The van der Waals surface area contributed by atoms with Gasteiger partial charge in [0.1, 0.15) is 17.3 Å². The number of aromatic nitrogens is 2. The molecule has 106 valence electrons. The van der Waals surface area contributed by atoms with E-state index in [0.717, 1.165) is 22.6 Å². The Bertz CT molecular complexity index is 647. The van der Waals surface area contributed by atoms with E-state index in [1.54, 1.807) is 7.05 Å². The maximum absolute atomic E-state index is 13.7. The lowest BCUT2D eigenvalue weighted by molar-refractivity contribution is -0.385. The fourth-order valence-electron chi connectivity index (χ4n) is 1.59. The summed E-state index contributed by atoms with van der Waals surface area (Å²) in [6.07, 6.45) is 0. The van der Waals surface area contributed by atoms with Crippen LogP contribution in [0.3, 0.4) is 0 Å². The minimum absolute atomic E-state index is 0.0286. The van der Waals surface area contributed by atoms with E-state index in [1.807, 2.05) is 0 Å². The lowest BCUT2D eigenvalue weighted by Crippen LogP contribution is -2.02. The molecule has 20 heavy (non-hydrogen) atoms. The Balaban J connectivity index is 2.18. The summed E-state index contributed by atoms with van der Waals surface area (Å²) in [5.41, 5.74) is 0.602. The molecule has 1 aromatic heterocycles. The van der Waals surface area contributed by atoms with Crippen molar-refractivity contribution in [2.24, 2.45) is 0 Å². The zero-order valence-corrected chi connectivity index (χ0v) is 11.5. The van der Waals surface area contributed by atoms with E-state index in [9.17, 15) is 14.5 Å². The quantitative estimate of drug-likeness (QED) is 0.673. The maximum atomic E-state index is 13.7. The van der Waals surface area contributed by atoms with Gasteiger partial charge in [0.15, 0.2) is 11.6 Å². The number of aryl methyl sites for hydroxylation is 1. The molecule has 0 saturated carbocycles. The lowest BCUT2D eigenvalue weighted by atomic mass is 10.2. The van der Waals surface area contributed by atoms with Crippen molar-refractivity contribution in [3.63, 3.8) is 0 Å². The first-order valence-electron chi connectivity index (χ1n) is 5.59.